The van der Waals surface area contributed by atoms with Crippen molar-refractivity contribution in [2.75, 3.05) is 10.2 Å². The lowest BCUT2D eigenvalue weighted by Gasteiger charge is -2.26. The Morgan fingerprint density at radius 3 is 1.98 bits per heavy atom. The van der Waals surface area contributed by atoms with Crippen molar-refractivity contribution in [3.8, 4) is 0 Å². The summed E-state index contributed by atoms with van der Waals surface area (Å²) in [4.78, 5) is 42.7. The van der Waals surface area contributed by atoms with E-state index in [1.807, 2.05) is 73.7 Å². The number of benzene rings is 5. The minimum atomic E-state index is -0.686. The third-order valence-electron chi connectivity index (χ3n) is 6.82. The van der Waals surface area contributed by atoms with E-state index in [9.17, 15) is 18.8 Å². The molecule has 5 aromatic carbocycles. The summed E-state index contributed by atoms with van der Waals surface area (Å²) in [6.07, 6.45) is 1.20. The molecule has 0 aliphatic carbocycles. The monoisotopic (exact) mass is 649 g/mol. The molecular formula is C37H29ClFN3O3S. The third-order valence-corrected chi connectivity index (χ3v) is 8.23. The summed E-state index contributed by atoms with van der Waals surface area (Å²) in [6, 6.07) is 38.4. The Morgan fingerprint density at radius 2 is 1.37 bits per heavy atom. The molecule has 0 aliphatic heterocycles. The first kappa shape index (κ1) is 32.2. The summed E-state index contributed by atoms with van der Waals surface area (Å²) in [5, 5.41) is 4.96. The van der Waals surface area contributed by atoms with Gasteiger partial charge < -0.3 is 10.6 Å². The Hall–Kier alpha value is -5.18. The van der Waals surface area contributed by atoms with Crippen molar-refractivity contribution in [2.24, 2.45) is 0 Å². The van der Waals surface area contributed by atoms with Gasteiger partial charge in [-0.15, -0.1) is 11.8 Å². The number of carbonyl (C=O) groups excluding carboxylic acids is 3. The van der Waals surface area contributed by atoms with Crippen LogP contribution in [0.3, 0.4) is 0 Å². The maximum absolute atomic E-state index is 14.7. The molecule has 6 nitrogen and oxygen atoms in total. The summed E-state index contributed by atoms with van der Waals surface area (Å²) in [6.45, 7) is 1.83. The van der Waals surface area contributed by atoms with Gasteiger partial charge in [0.05, 0.1) is 10.3 Å². The second-order valence-electron chi connectivity index (χ2n) is 10.1. The van der Waals surface area contributed by atoms with Crippen LogP contribution in [0.25, 0.3) is 6.08 Å². The van der Waals surface area contributed by atoms with Gasteiger partial charge in [0.1, 0.15) is 11.5 Å². The lowest BCUT2D eigenvalue weighted by atomic mass is 10.1. The number of hydrogen-bond donors (Lipinski definition) is 2. The normalized spacial score (nSPS) is 11.8. The van der Waals surface area contributed by atoms with Gasteiger partial charge in [-0.05, 0) is 79.7 Å². The van der Waals surface area contributed by atoms with Crippen molar-refractivity contribution < 1.29 is 18.8 Å². The highest BCUT2D eigenvalue weighted by molar-refractivity contribution is 8.00. The molecule has 0 aliphatic rings. The number of para-hydroxylation sites is 2. The summed E-state index contributed by atoms with van der Waals surface area (Å²) in [5.74, 6) is -2.00. The fourth-order valence-electron chi connectivity index (χ4n) is 4.57. The van der Waals surface area contributed by atoms with Gasteiger partial charge in [-0.1, -0.05) is 78.3 Å². The standard InChI is InChI=1S/C37H29ClFN3O3S/c1-25(37(45)42(28-16-7-3-8-17-28)29-18-9-4-10-19-29)46-30-20-11-15-27(23-30)40-36(44)34(24-31-32(38)21-12-22-33(31)39)41-35(43)26-13-5-2-6-14-26/h2-25H,1H3,(H,40,44)(H,41,43)/b34-24-. The summed E-state index contributed by atoms with van der Waals surface area (Å²) >= 11 is 7.56. The van der Waals surface area contributed by atoms with Crippen LogP contribution in [0.5, 0.6) is 0 Å². The minimum Gasteiger partial charge on any atom is -0.321 e. The Balaban J connectivity index is 1.36. The molecular weight excluding hydrogens is 621 g/mol. The Bertz CT molecular complexity index is 1810. The molecule has 0 aromatic heterocycles. The molecule has 2 N–H and O–H groups in total. The second kappa shape index (κ2) is 15.2. The molecule has 0 heterocycles. The van der Waals surface area contributed by atoms with E-state index in [-0.39, 0.29) is 22.2 Å². The molecule has 5 rings (SSSR count). The minimum absolute atomic E-state index is 0.0410. The van der Waals surface area contributed by atoms with Crippen LogP contribution in [0.15, 0.2) is 144 Å². The number of carbonyl (C=O) groups is 3. The van der Waals surface area contributed by atoms with Crippen molar-refractivity contribution in [1.29, 1.82) is 0 Å². The summed E-state index contributed by atoms with van der Waals surface area (Å²) < 4.78 is 14.7. The lowest BCUT2D eigenvalue weighted by Crippen LogP contribution is -2.32. The van der Waals surface area contributed by atoms with Gasteiger partial charge in [-0.2, -0.15) is 0 Å². The van der Waals surface area contributed by atoms with E-state index >= 15 is 0 Å². The zero-order chi connectivity index (χ0) is 32.5. The zero-order valence-electron chi connectivity index (χ0n) is 24.7. The molecule has 0 radical (unpaired) electrons. The van der Waals surface area contributed by atoms with Crippen LogP contribution in [0, 0.1) is 5.82 Å². The number of amides is 3. The highest BCUT2D eigenvalue weighted by Gasteiger charge is 2.25. The molecule has 9 heteroatoms. The fraction of sp³-hybridized carbons (Fsp3) is 0.0541. The summed E-state index contributed by atoms with van der Waals surface area (Å²) in [5.41, 5.74) is 1.98. The number of nitrogens with one attached hydrogen (secondary N) is 2. The largest absolute Gasteiger partial charge is 0.321 e. The number of halogens is 2. The van der Waals surface area contributed by atoms with Crippen LogP contribution in [0.2, 0.25) is 5.02 Å². The van der Waals surface area contributed by atoms with E-state index in [1.54, 1.807) is 53.4 Å². The molecule has 0 spiro atoms. The first-order valence-corrected chi connectivity index (χ1v) is 15.6. The first-order valence-electron chi connectivity index (χ1n) is 14.3. The Kier molecular flexibility index (Phi) is 10.7. The van der Waals surface area contributed by atoms with Crippen LogP contribution in [0.4, 0.5) is 21.5 Å². The Labute approximate surface area is 275 Å². The number of hydrogen-bond acceptors (Lipinski definition) is 4. The van der Waals surface area contributed by atoms with Crippen LogP contribution >= 0.6 is 23.4 Å². The lowest BCUT2D eigenvalue weighted by molar-refractivity contribution is -0.117. The molecule has 46 heavy (non-hydrogen) atoms. The van der Waals surface area contributed by atoms with E-state index in [0.29, 0.717) is 11.3 Å². The molecule has 1 atom stereocenters. The van der Waals surface area contributed by atoms with E-state index in [1.165, 1.54) is 36.0 Å². The van der Waals surface area contributed by atoms with Crippen molar-refractivity contribution in [3.63, 3.8) is 0 Å². The number of anilines is 3. The third kappa shape index (κ3) is 8.10. The number of thioether (sulfide) groups is 1. The van der Waals surface area contributed by atoms with Crippen molar-refractivity contribution in [3.05, 3.63) is 161 Å². The Morgan fingerprint density at radius 1 is 0.783 bits per heavy atom. The maximum atomic E-state index is 14.7. The topological polar surface area (TPSA) is 78.5 Å². The number of rotatable bonds is 10. The van der Waals surface area contributed by atoms with Gasteiger partial charge in [0.15, 0.2) is 0 Å². The predicted molar refractivity (Wildman–Crippen MR) is 184 cm³/mol. The van der Waals surface area contributed by atoms with Crippen LogP contribution in [-0.4, -0.2) is 23.0 Å². The molecule has 3 amide bonds. The van der Waals surface area contributed by atoms with Crippen LogP contribution < -0.4 is 15.5 Å². The van der Waals surface area contributed by atoms with E-state index < -0.39 is 22.9 Å². The average Bonchev–Trinajstić information content (AvgIpc) is 3.07. The average molecular weight is 650 g/mol. The van der Waals surface area contributed by atoms with Gasteiger partial charge in [-0.25, -0.2) is 4.39 Å². The summed E-state index contributed by atoms with van der Waals surface area (Å²) in [7, 11) is 0. The van der Waals surface area contributed by atoms with Gasteiger partial charge in [0, 0.05) is 33.1 Å². The molecule has 0 fully saturated rings. The van der Waals surface area contributed by atoms with Gasteiger partial charge in [0.25, 0.3) is 11.8 Å². The molecule has 0 saturated carbocycles. The molecule has 5 aromatic rings. The van der Waals surface area contributed by atoms with Gasteiger partial charge >= 0.3 is 0 Å². The van der Waals surface area contributed by atoms with Gasteiger partial charge in [0.2, 0.25) is 5.91 Å². The smallest absolute Gasteiger partial charge is 0.272 e. The SMILES string of the molecule is CC(Sc1cccc(NC(=O)/C(=C/c2c(F)cccc2Cl)NC(=O)c2ccccc2)c1)C(=O)N(c1ccccc1)c1ccccc1. The van der Waals surface area contributed by atoms with Crippen molar-refractivity contribution in [1.82, 2.24) is 5.32 Å². The highest BCUT2D eigenvalue weighted by atomic mass is 35.5. The van der Waals surface area contributed by atoms with Crippen molar-refractivity contribution >= 4 is 64.2 Å². The van der Waals surface area contributed by atoms with E-state index in [0.717, 1.165) is 16.3 Å². The first-order chi connectivity index (χ1) is 22.3. The highest BCUT2D eigenvalue weighted by Crippen LogP contribution is 2.32. The zero-order valence-corrected chi connectivity index (χ0v) is 26.3. The fourth-order valence-corrected chi connectivity index (χ4v) is 5.76. The van der Waals surface area contributed by atoms with Crippen LogP contribution in [0.1, 0.15) is 22.8 Å². The van der Waals surface area contributed by atoms with Crippen LogP contribution in [-0.2, 0) is 9.59 Å². The van der Waals surface area contributed by atoms with Gasteiger partial charge in [-0.3, -0.25) is 19.3 Å². The second-order valence-corrected chi connectivity index (χ2v) is 11.9. The quantitative estimate of drug-likeness (QED) is 0.117. The van der Waals surface area contributed by atoms with E-state index in [2.05, 4.69) is 10.6 Å². The molecule has 1 unspecified atom stereocenters. The van der Waals surface area contributed by atoms with Crippen molar-refractivity contribution in [2.45, 2.75) is 17.1 Å². The van der Waals surface area contributed by atoms with E-state index in [4.69, 9.17) is 11.6 Å². The predicted octanol–water partition coefficient (Wildman–Crippen LogP) is 8.73. The molecule has 0 saturated heterocycles. The molecule has 230 valence electrons. The number of nitrogens with zero attached hydrogens (tertiary/aromatic N) is 1. The molecule has 0 bridgehead atoms. The maximum Gasteiger partial charge on any atom is 0.272 e.